The Morgan fingerprint density at radius 1 is 1.07 bits per heavy atom. The number of piperazine rings is 1. The van der Waals surface area contributed by atoms with E-state index in [-0.39, 0.29) is 0 Å². The van der Waals surface area contributed by atoms with Gasteiger partial charge < -0.3 is 20.3 Å². The molecule has 0 unspecified atom stereocenters. The molecular formula is C21H34F3N5O. The lowest BCUT2D eigenvalue weighted by Gasteiger charge is -2.36. The number of alkyl halides is 3. The fourth-order valence-corrected chi connectivity index (χ4v) is 3.42. The van der Waals surface area contributed by atoms with Crippen molar-refractivity contribution in [2.24, 2.45) is 4.99 Å². The Hall–Kier alpha value is -2.00. The molecule has 1 aliphatic rings. The summed E-state index contributed by atoms with van der Waals surface area (Å²) in [6.07, 6.45) is -1.26. The van der Waals surface area contributed by atoms with Crippen LogP contribution in [0, 0.1) is 0 Å². The van der Waals surface area contributed by atoms with E-state index in [1.807, 2.05) is 4.90 Å². The summed E-state index contributed by atoms with van der Waals surface area (Å²) < 4.78 is 43.8. The van der Waals surface area contributed by atoms with Gasteiger partial charge in [-0.2, -0.15) is 13.2 Å². The van der Waals surface area contributed by atoms with Gasteiger partial charge >= 0.3 is 6.18 Å². The van der Waals surface area contributed by atoms with Crippen molar-refractivity contribution >= 4 is 11.6 Å². The molecule has 2 rings (SSSR count). The molecule has 0 saturated carbocycles. The molecule has 0 radical (unpaired) electrons. The van der Waals surface area contributed by atoms with Crippen LogP contribution in [0.3, 0.4) is 0 Å². The van der Waals surface area contributed by atoms with E-state index < -0.39 is 11.7 Å². The maximum Gasteiger partial charge on any atom is 0.416 e. The van der Waals surface area contributed by atoms with E-state index >= 15 is 0 Å². The molecule has 0 bridgehead atoms. The van der Waals surface area contributed by atoms with Crippen LogP contribution in [0.15, 0.2) is 29.3 Å². The molecule has 1 saturated heterocycles. The number of ether oxygens (including phenoxy) is 1. The van der Waals surface area contributed by atoms with Crippen molar-refractivity contribution in [3.05, 3.63) is 29.8 Å². The minimum atomic E-state index is -4.30. The highest BCUT2D eigenvalue weighted by atomic mass is 19.4. The zero-order chi connectivity index (χ0) is 21.8. The topological polar surface area (TPSA) is 52.1 Å². The van der Waals surface area contributed by atoms with Gasteiger partial charge in [0.25, 0.3) is 0 Å². The Balaban J connectivity index is 1.62. The smallest absolute Gasteiger partial charge is 0.385 e. The monoisotopic (exact) mass is 429 g/mol. The van der Waals surface area contributed by atoms with Crippen LogP contribution in [0.5, 0.6) is 0 Å². The van der Waals surface area contributed by atoms with Crippen molar-refractivity contribution in [1.29, 1.82) is 0 Å². The predicted octanol–water partition coefficient (Wildman–Crippen LogP) is 2.81. The van der Waals surface area contributed by atoms with Crippen LogP contribution in [0.4, 0.5) is 18.9 Å². The van der Waals surface area contributed by atoms with Crippen LogP contribution in [0.25, 0.3) is 0 Å². The zero-order valence-corrected chi connectivity index (χ0v) is 18.0. The van der Waals surface area contributed by atoms with Gasteiger partial charge in [-0.25, -0.2) is 0 Å². The Morgan fingerprint density at radius 2 is 1.77 bits per heavy atom. The molecule has 170 valence electrons. The first-order valence-electron chi connectivity index (χ1n) is 10.5. The van der Waals surface area contributed by atoms with Crippen LogP contribution in [0.1, 0.15) is 24.8 Å². The molecule has 1 aromatic carbocycles. The lowest BCUT2D eigenvalue weighted by Crippen LogP contribution is -2.46. The first-order valence-corrected chi connectivity index (χ1v) is 10.5. The van der Waals surface area contributed by atoms with E-state index in [1.54, 1.807) is 20.2 Å². The van der Waals surface area contributed by atoms with E-state index in [4.69, 9.17) is 4.74 Å². The average Bonchev–Trinajstić information content (AvgIpc) is 2.75. The van der Waals surface area contributed by atoms with Crippen LogP contribution < -0.4 is 15.5 Å². The molecule has 1 aromatic rings. The second-order valence-corrected chi connectivity index (χ2v) is 7.36. The van der Waals surface area contributed by atoms with E-state index in [0.29, 0.717) is 5.69 Å². The predicted molar refractivity (Wildman–Crippen MR) is 115 cm³/mol. The number of hydrogen-bond acceptors (Lipinski definition) is 4. The van der Waals surface area contributed by atoms with Crippen LogP contribution >= 0.6 is 0 Å². The molecule has 9 heteroatoms. The number of halogens is 3. The third-order valence-corrected chi connectivity index (χ3v) is 5.15. The average molecular weight is 430 g/mol. The summed E-state index contributed by atoms with van der Waals surface area (Å²) in [5, 5.41) is 6.56. The van der Waals surface area contributed by atoms with Gasteiger partial charge in [-0.3, -0.25) is 9.89 Å². The minimum Gasteiger partial charge on any atom is -0.385 e. The highest BCUT2D eigenvalue weighted by molar-refractivity contribution is 5.79. The number of anilines is 1. The van der Waals surface area contributed by atoms with Gasteiger partial charge in [-0.1, -0.05) is 6.07 Å². The molecule has 1 fully saturated rings. The first-order chi connectivity index (χ1) is 14.4. The summed E-state index contributed by atoms with van der Waals surface area (Å²) in [5.74, 6) is 0.806. The van der Waals surface area contributed by atoms with Crippen LogP contribution in [-0.2, 0) is 10.9 Å². The Labute approximate surface area is 177 Å². The summed E-state index contributed by atoms with van der Waals surface area (Å²) in [5.41, 5.74) is 0.0659. The minimum absolute atomic E-state index is 0.585. The summed E-state index contributed by atoms with van der Waals surface area (Å²) in [6, 6.07) is 5.61. The molecule has 0 aromatic heterocycles. The fraction of sp³-hybridized carbons (Fsp3) is 0.667. The van der Waals surface area contributed by atoms with Gasteiger partial charge in [0.15, 0.2) is 5.96 Å². The second kappa shape index (κ2) is 12.6. The molecular weight excluding hydrogens is 395 g/mol. The molecule has 0 spiro atoms. The number of hydrogen-bond donors (Lipinski definition) is 2. The fourth-order valence-electron chi connectivity index (χ4n) is 3.42. The molecule has 0 atom stereocenters. The molecule has 2 N–H and O–H groups in total. The second-order valence-electron chi connectivity index (χ2n) is 7.36. The lowest BCUT2D eigenvalue weighted by molar-refractivity contribution is -0.137. The highest BCUT2D eigenvalue weighted by Gasteiger charge is 2.31. The zero-order valence-electron chi connectivity index (χ0n) is 18.0. The van der Waals surface area contributed by atoms with Crippen LogP contribution in [0.2, 0.25) is 0 Å². The number of rotatable bonds is 10. The maximum atomic E-state index is 12.9. The Bertz CT molecular complexity index is 646. The van der Waals surface area contributed by atoms with E-state index in [9.17, 15) is 13.2 Å². The number of benzene rings is 1. The number of guanidine groups is 1. The number of aliphatic imine (C=N–C) groups is 1. The third-order valence-electron chi connectivity index (χ3n) is 5.15. The van der Waals surface area contributed by atoms with Gasteiger partial charge in [0.2, 0.25) is 0 Å². The van der Waals surface area contributed by atoms with Crippen molar-refractivity contribution < 1.29 is 17.9 Å². The lowest BCUT2D eigenvalue weighted by atomic mass is 10.1. The number of nitrogens with one attached hydrogen (secondary N) is 2. The highest BCUT2D eigenvalue weighted by Crippen LogP contribution is 2.31. The van der Waals surface area contributed by atoms with Crippen molar-refractivity contribution in [3.8, 4) is 0 Å². The number of nitrogens with zero attached hydrogens (tertiary/aromatic N) is 3. The summed E-state index contributed by atoms with van der Waals surface area (Å²) in [7, 11) is 3.45. The summed E-state index contributed by atoms with van der Waals surface area (Å²) >= 11 is 0. The number of methoxy groups -OCH3 is 1. The normalized spacial score (nSPS) is 16.0. The molecule has 6 nitrogen and oxygen atoms in total. The molecule has 0 aliphatic carbocycles. The summed E-state index contributed by atoms with van der Waals surface area (Å²) in [4.78, 5) is 8.61. The third kappa shape index (κ3) is 8.39. The first kappa shape index (κ1) is 24.3. The molecule has 30 heavy (non-hydrogen) atoms. The molecule has 1 heterocycles. The van der Waals surface area contributed by atoms with Crippen LogP contribution in [-0.4, -0.2) is 77.4 Å². The maximum absolute atomic E-state index is 12.9. The SMILES string of the molecule is CN=C(NCCCCN1CCN(c2cccc(C(F)(F)F)c2)CC1)NCCCOC. The van der Waals surface area contributed by atoms with Gasteiger partial charge in [0.05, 0.1) is 5.56 Å². The molecule has 0 amide bonds. The quantitative estimate of drug-likeness (QED) is 0.340. The molecule has 1 aliphatic heterocycles. The van der Waals surface area contributed by atoms with Crippen molar-refractivity contribution in [3.63, 3.8) is 0 Å². The summed E-state index contributed by atoms with van der Waals surface area (Å²) in [6.45, 7) is 6.63. The van der Waals surface area contributed by atoms with E-state index in [2.05, 4.69) is 20.5 Å². The van der Waals surface area contributed by atoms with Crippen molar-refractivity contribution in [2.45, 2.75) is 25.4 Å². The van der Waals surface area contributed by atoms with Crippen molar-refractivity contribution in [2.75, 3.05) is 71.5 Å². The van der Waals surface area contributed by atoms with Gasteiger partial charge in [-0.05, 0) is 44.0 Å². The van der Waals surface area contributed by atoms with Crippen molar-refractivity contribution in [1.82, 2.24) is 15.5 Å². The Morgan fingerprint density at radius 3 is 2.40 bits per heavy atom. The van der Waals surface area contributed by atoms with Gasteiger partial charge in [0, 0.05) is 65.7 Å². The van der Waals surface area contributed by atoms with Gasteiger partial charge in [-0.15, -0.1) is 0 Å². The van der Waals surface area contributed by atoms with E-state index in [1.165, 1.54) is 12.1 Å². The van der Waals surface area contributed by atoms with E-state index in [0.717, 1.165) is 83.7 Å². The standard InChI is InChI=1S/C21H34F3N5O/c1-25-20(27-10-6-16-30-2)26-9-3-4-11-28-12-14-29(15-13-28)19-8-5-7-18(17-19)21(22,23)24/h5,7-8,17H,3-4,6,9-16H2,1-2H3,(H2,25,26,27). The van der Waals surface area contributed by atoms with Gasteiger partial charge in [0.1, 0.15) is 0 Å². The number of unbranched alkanes of at least 4 members (excludes halogenated alkanes) is 1. The largest absolute Gasteiger partial charge is 0.416 e. The Kier molecular flexibility index (Phi) is 10.2.